The zero-order valence-corrected chi connectivity index (χ0v) is 9.93. The zero-order chi connectivity index (χ0) is 11.7. The number of ether oxygens (including phenoxy) is 2. The Labute approximate surface area is 95.3 Å². The predicted octanol–water partition coefficient (Wildman–Crippen LogP) is -0.312. The highest BCUT2D eigenvalue weighted by atomic mass is 32.1. The monoisotopic (exact) mass is 234 g/mol. The molecule has 0 aliphatic heterocycles. The van der Waals surface area contributed by atoms with E-state index in [0.29, 0.717) is 24.7 Å². The molecule has 0 radical (unpaired) electrons. The van der Waals surface area contributed by atoms with Crippen LogP contribution in [0.1, 0.15) is 6.92 Å². The van der Waals surface area contributed by atoms with E-state index in [1.54, 1.807) is 7.11 Å². The van der Waals surface area contributed by atoms with E-state index in [1.165, 1.54) is 0 Å². The number of nitrogens with two attached hydrogens (primary N) is 1. The number of rotatable bonds is 8. The lowest BCUT2D eigenvalue weighted by Crippen LogP contribution is -2.35. The number of hydrogen-bond acceptors (Lipinski definition) is 4. The van der Waals surface area contributed by atoms with Crippen molar-refractivity contribution in [3.63, 3.8) is 0 Å². The molecule has 0 aliphatic carbocycles. The largest absolute Gasteiger partial charge is 0.393 e. The second-order valence-corrected chi connectivity index (χ2v) is 3.62. The second kappa shape index (κ2) is 8.58. The molecule has 1 amide bonds. The van der Waals surface area contributed by atoms with Gasteiger partial charge in [-0.2, -0.15) is 0 Å². The van der Waals surface area contributed by atoms with Crippen LogP contribution in [0.4, 0.5) is 0 Å². The van der Waals surface area contributed by atoms with Gasteiger partial charge >= 0.3 is 0 Å². The molecule has 0 rings (SSSR count). The number of methoxy groups -OCH3 is 1. The zero-order valence-electron chi connectivity index (χ0n) is 9.12. The molecule has 6 heteroatoms. The predicted molar refractivity (Wildman–Crippen MR) is 61.7 cm³/mol. The van der Waals surface area contributed by atoms with Gasteiger partial charge in [-0.25, -0.2) is 0 Å². The molecule has 3 N–H and O–H groups in total. The highest BCUT2D eigenvalue weighted by Gasteiger charge is 2.07. The lowest BCUT2D eigenvalue weighted by atomic mass is 10.2. The Kier molecular flexibility index (Phi) is 8.17. The van der Waals surface area contributed by atoms with Gasteiger partial charge in [0.15, 0.2) is 0 Å². The van der Waals surface area contributed by atoms with Crippen LogP contribution in [0.15, 0.2) is 0 Å². The molecular weight excluding hydrogens is 216 g/mol. The molecule has 0 fully saturated rings. The fourth-order valence-corrected chi connectivity index (χ4v) is 0.809. The molecule has 0 heterocycles. The molecule has 0 saturated carbocycles. The van der Waals surface area contributed by atoms with Crippen LogP contribution in [-0.4, -0.2) is 44.4 Å². The molecule has 0 spiro atoms. The van der Waals surface area contributed by atoms with Crippen molar-refractivity contribution in [1.29, 1.82) is 0 Å². The number of amides is 1. The fourth-order valence-electron chi connectivity index (χ4n) is 0.726. The Morgan fingerprint density at radius 2 is 2.20 bits per heavy atom. The number of carbonyl (C=O) groups excluding carboxylic acids is 1. The van der Waals surface area contributed by atoms with Crippen LogP contribution >= 0.6 is 12.2 Å². The minimum atomic E-state index is -0.172. The molecule has 0 aromatic carbocycles. The van der Waals surface area contributed by atoms with Crippen LogP contribution in [0.3, 0.4) is 0 Å². The van der Waals surface area contributed by atoms with Crippen molar-refractivity contribution >= 4 is 23.1 Å². The summed E-state index contributed by atoms with van der Waals surface area (Å²) in [7, 11) is 1.58. The van der Waals surface area contributed by atoms with Gasteiger partial charge in [-0.15, -0.1) is 0 Å². The Morgan fingerprint density at radius 1 is 1.53 bits per heavy atom. The summed E-state index contributed by atoms with van der Waals surface area (Å²) < 4.78 is 9.79. The Morgan fingerprint density at radius 3 is 2.73 bits per heavy atom. The van der Waals surface area contributed by atoms with Gasteiger partial charge in [0, 0.05) is 19.6 Å². The molecule has 88 valence electrons. The minimum absolute atomic E-state index is 0.00271. The van der Waals surface area contributed by atoms with Crippen LogP contribution in [0.25, 0.3) is 0 Å². The van der Waals surface area contributed by atoms with E-state index >= 15 is 0 Å². The van der Waals surface area contributed by atoms with Crippen molar-refractivity contribution in [2.24, 2.45) is 11.7 Å². The fraction of sp³-hybridized carbons (Fsp3) is 0.778. The van der Waals surface area contributed by atoms with Crippen molar-refractivity contribution in [3.05, 3.63) is 0 Å². The summed E-state index contributed by atoms with van der Waals surface area (Å²) in [5, 5.41) is 2.67. The maximum absolute atomic E-state index is 11.2. The Balaban J connectivity index is 3.45. The molecule has 1 atom stereocenters. The van der Waals surface area contributed by atoms with E-state index in [0.717, 1.165) is 0 Å². The molecule has 5 nitrogen and oxygen atoms in total. The topological polar surface area (TPSA) is 73.6 Å². The smallest absolute Gasteiger partial charge is 0.246 e. The Bertz CT molecular complexity index is 212. The first-order valence-electron chi connectivity index (χ1n) is 4.70. The molecule has 15 heavy (non-hydrogen) atoms. The van der Waals surface area contributed by atoms with Gasteiger partial charge in [-0.1, -0.05) is 19.1 Å². The summed E-state index contributed by atoms with van der Waals surface area (Å²) in [4.78, 5) is 11.6. The average molecular weight is 234 g/mol. The van der Waals surface area contributed by atoms with E-state index in [9.17, 15) is 4.79 Å². The van der Waals surface area contributed by atoms with Crippen LogP contribution in [-0.2, 0) is 14.3 Å². The third-order valence-electron chi connectivity index (χ3n) is 1.76. The highest BCUT2D eigenvalue weighted by Crippen LogP contribution is 1.91. The standard InChI is InChI=1S/C9H18N2O3S/c1-7(9(10)15)5-11-8(12)6-14-4-3-13-2/h7H,3-6H2,1-2H3,(H2,10,15)(H,11,12). The van der Waals surface area contributed by atoms with E-state index in [2.05, 4.69) is 5.32 Å². The first-order chi connectivity index (χ1) is 7.07. The third-order valence-corrected chi connectivity index (χ3v) is 2.16. The van der Waals surface area contributed by atoms with Gasteiger partial charge in [-0.3, -0.25) is 4.79 Å². The average Bonchev–Trinajstić information content (AvgIpc) is 2.20. The second-order valence-electron chi connectivity index (χ2n) is 3.15. The summed E-state index contributed by atoms with van der Waals surface area (Å²) in [6.45, 7) is 3.23. The van der Waals surface area contributed by atoms with Crippen molar-refractivity contribution in [2.75, 3.05) is 33.5 Å². The molecule has 0 saturated heterocycles. The van der Waals surface area contributed by atoms with E-state index in [1.807, 2.05) is 6.92 Å². The van der Waals surface area contributed by atoms with E-state index in [4.69, 9.17) is 27.4 Å². The van der Waals surface area contributed by atoms with E-state index in [-0.39, 0.29) is 18.4 Å². The summed E-state index contributed by atoms with van der Waals surface area (Å²) in [6.07, 6.45) is 0. The number of carbonyl (C=O) groups is 1. The molecular formula is C9H18N2O3S. The van der Waals surface area contributed by atoms with Gasteiger partial charge in [0.2, 0.25) is 5.91 Å². The van der Waals surface area contributed by atoms with Gasteiger partial charge in [0.1, 0.15) is 6.61 Å². The summed E-state index contributed by atoms with van der Waals surface area (Å²) in [5.41, 5.74) is 5.39. The van der Waals surface area contributed by atoms with Crippen LogP contribution < -0.4 is 11.1 Å². The highest BCUT2D eigenvalue weighted by molar-refractivity contribution is 7.80. The minimum Gasteiger partial charge on any atom is -0.393 e. The van der Waals surface area contributed by atoms with Crippen LogP contribution in [0.2, 0.25) is 0 Å². The molecule has 0 aromatic rings. The summed E-state index contributed by atoms with van der Waals surface area (Å²) in [5.74, 6) is -0.169. The molecule has 0 aromatic heterocycles. The normalized spacial score (nSPS) is 12.1. The lowest BCUT2D eigenvalue weighted by Gasteiger charge is -2.10. The maximum atomic E-state index is 11.2. The van der Waals surface area contributed by atoms with Crippen LogP contribution in [0.5, 0.6) is 0 Å². The molecule has 0 bridgehead atoms. The van der Waals surface area contributed by atoms with Gasteiger partial charge < -0.3 is 20.5 Å². The van der Waals surface area contributed by atoms with E-state index < -0.39 is 0 Å². The van der Waals surface area contributed by atoms with Crippen molar-refractivity contribution in [2.45, 2.75) is 6.92 Å². The van der Waals surface area contributed by atoms with Gasteiger partial charge in [0.25, 0.3) is 0 Å². The third kappa shape index (κ3) is 8.29. The molecule has 1 unspecified atom stereocenters. The van der Waals surface area contributed by atoms with Gasteiger partial charge in [0.05, 0.1) is 18.2 Å². The number of thiocarbonyl (C=S) groups is 1. The first-order valence-corrected chi connectivity index (χ1v) is 5.11. The quantitative estimate of drug-likeness (QED) is 0.445. The number of hydrogen-bond donors (Lipinski definition) is 2. The maximum Gasteiger partial charge on any atom is 0.246 e. The van der Waals surface area contributed by atoms with Crippen LogP contribution in [0, 0.1) is 5.92 Å². The van der Waals surface area contributed by atoms with Crippen molar-refractivity contribution < 1.29 is 14.3 Å². The van der Waals surface area contributed by atoms with Gasteiger partial charge in [-0.05, 0) is 0 Å². The first kappa shape index (κ1) is 14.3. The summed E-state index contributed by atoms with van der Waals surface area (Å²) >= 11 is 4.77. The molecule has 0 aliphatic rings. The van der Waals surface area contributed by atoms with Crippen molar-refractivity contribution in [1.82, 2.24) is 5.32 Å². The number of nitrogens with one attached hydrogen (secondary N) is 1. The Hall–Kier alpha value is -0.720. The summed E-state index contributed by atoms with van der Waals surface area (Å²) in [6, 6.07) is 0. The van der Waals surface area contributed by atoms with Crippen molar-refractivity contribution in [3.8, 4) is 0 Å². The lowest BCUT2D eigenvalue weighted by molar-refractivity contribution is -0.126. The SMILES string of the molecule is COCCOCC(=O)NCC(C)C(N)=S.